The summed E-state index contributed by atoms with van der Waals surface area (Å²) in [5.74, 6) is -0.254. The lowest BCUT2D eigenvalue weighted by Gasteiger charge is -2.10. The van der Waals surface area contributed by atoms with E-state index in [-0.39, 0.29) is 21.9 Å². The highest BCUT2D eigenvalue weighted by Gasteiger charge is 2.14. The van der Waals surface area contributed by atoms with Gasteiger partial charge in [0, 0.05) is 23.9 Å². The second kappa shape index (κ2) is 7.35. The topological polar surface area (TPSA) is 67.4 Å². The Kier molecular flexibility index (Phi) is 5.47. The molecule has 2 aromatic rings. The second-order valence-corrected chi connectivity index (χ2v) is 5.50. The van der Waals surface area contributed by atoms with Crippen LogP contribution in [0.4, 0.5) is 11.4 Å². The Hall–Kier alpha value is -2.24. The lowest BCUT2D eigenvalue weighted by atomic mass is 10.2. The van der Waals surface area contributed by atoms with E-state index in [0.717, 1.165) is 0 Å². The monoisotopic (exact) mass is 352 g/mol. The van der Waals surface area contributed by atoms with Gasteiger partial charge in [-0.1, -0.05) is 29.3 Å². The van der Waals surface area contributed by atoms with Crippen molar-refractivity contribution in [2.24, 2.45) is 0 Å². The summed E-state index contributed by atoms with van der Waals surface area (Å²) in [7, 11) is 1.44. The van der Waals surface area contributed by atoms with Crippen LogP contribution in [-0.2, 0) is 4.79 Å². The molecule has 2 N–H and O–H groups in total. The minimum absolute atomic E-state index is 0.192. The summed E-state index contributed by atoms with van der Waals surface area (Å²) >= 11 is 12.1. The molecule has 7 heteroatoms. The number of benzene rings is 2. The number of halogens is 2. The standard InChI is InChI=1S/C16H14Cl2N2O3/c1-9(21)19-11-4-3-5-12(8-11)20-16(22)10-6-13(17)15(23-2)14(18)7-10/h3-8H,1-2H3,(H,19,21)(H,20,22). The number of carbonyl (C=O) groups is 2. The molecule has 0 aliphatic heterocycles. The van der Waals surface area contributed by atoms with Crippen molar-refractivity contribution in [1.29, 1.82) is 0 Å². The van der Waals surface area contributed by atoms with Crippen LogP contribution in [0.3, 0.4) is 0 Å². The van der Waals surface area contributed by atoms with Crippen molar-refractivity contribution in [3.63, 3.8) is 0 Å². The zero-order valence-electron chi connectivity index (χ0n) is 12.4. The fourth-order valence-corrected chi connectivity index (χ4v) is 2.61. The maximum absolute atomic E-state index is 12.3. The van der Waals surface area contributed by atoms with Gasteiger partial charge in [0.25, 0.3) is 5.91 Å². The highest BCUT2D eigenvalue weighted by molar-refractivity contribution is 6.37. The van der Waals surface area contributed by atoms with Gasteiger partial charge < -0.3 is 15.4 Å². The van der Waals surface area contributed by atoms with E-state index in [1.165, 1.54) is 26.2 Å². The third-order valence-electron chi connectivity index (χ3n) is 2.91. The lowest BCUT2D eigenvalue weighted by Crippen LogP contribution is -2.13. The molecule has 23 heavy (non-hydrogen) atoms. The van der Waals surface area contributed by atoms with E-state index in [1.807, 2.05) is 0 Å². The summed E-state index contributed by atoms with van der Waals surface area (Å²) in [6.45, 7) is 1.41. The molecule has 0 aliphatic rings. The molecular formula is C16H14Cl2N2O3. The van der Waals surface area contributed by atoms with Crippen LogP contribution in [0.15, 0.2) is 36.4 Å². The molecule has 0 unspecified atom stereocenters. The molecule has 0 heterocycles. The maximum atomic E-state index is 12.3. The van der Waals surface area contributed by atoms with E-state index in [0.29, 0.717) is 22.7 Å². The molecule has 2 aromatic carbocycles. The van der Waals surface area contributed by atoms with E-state index in [9.17, 15) is 9.59 Å². The first-order valence-corrected chi connectivity index (χ1v) is 7.38. The summed E-state index contributed by atoms with van der Waals surface area (Å²) in [5.41, 5.74) is 1.41. The SMILES string of the molecule is COc1c(Cl)cc(C(=O)Nc2cccc(NC(C)=O)c2)cc1Cl. The maximum Gasteiger partial charge on any atom is 0.255 e. The minimum atomic E-state index is -0.378. The van der Waals surface area contributed by atoms with Crippen LogP contribution in [0, 0.1) is 0 Å². The van der Waals surface area contributed by atoms with Gasteiger partial charge in [-0.3, -0.25) is 9.59 Å². The van der Waals surface area contributed by atoms with Crippen LogP contribution < -0.4 is 15.4 Å². The van der Waals surface area contributed by atoms with Gasteiger partial charge in [0.2, 0.25) is 5.91 Å². The smallest absolute Gasteiger partial charge is 0.255 e. The Bertz CT molecular complexity index is 740. The van der Waals surface area contributed by atoms with Crippen LogP contribution in [0.5, 0.6) is 5.75 Å². The number of amides is 2. The van der Waals surface area contributed by atoms with E-state index in [1.54, 1.807) is 24.3 Å². The minimum Gasteiger partial charge on any atom is -0.494 e. The number of rotatable bonds is 4. The van der Waals surface area contributed by atoms with E-state index in [2.05, 4.69) is 10.6 Å². The molecule has 0 saturated heterocycles. The van der Waals surface area contributed by atoms with Crippen LogP contribution in [0.1, 0.15) is 17.3 Å². The average Bonchev–Trinajstić information content (AvgIpc) is 2.46. The first kappa shape index (κ1) is 17.1. The van der Waals surface area contributed by atoms with Crippen LogP contribution >= 0.6 is 23.2 Å². The number of hydrogen-bond acceptors (Lipinski definition) is 3. The van der Waals surface area contributed by atoms with Crippen molar-refractivity contribution < 1.29 is 14.3 Å². The Balaban J connectivity index is 2.21. The van der Waals surface area contributed by atoms with Crippen molar-refractivity contribution in [1.82, 2.24) is 0 Å². The van der Waals surface area contributed by atoms with Crippen LogP contribution in [0.2, 0.25) is 10.0 Å². The van der Waals surface area contributed by atoms with E-state index < -0.39 is 0 Å². The quantitative estimate of drug-likeness (QED) is 0.865. The normalized spacial score (nSPS) is 10.1. The highest BCUT2D eigenvalue weighted by atomic mass is 35.5. The van der Waals surface area contributed by atoms with Gasteiger partial charge in [-0.05, 0) is 30.3 Å². The number of hydrogen-bond donors (Lipinski definition) is 2. The number of carbonyl (C=O) groups excluding carboxylic acids is 2. The van der Waals surface area contributed by atoms with Crippen LogP contribution in [-0.4, -0.2) is 18.9 Å². The third kappa shape index (κ3) is 4.37. The first-order chi connectivity index (χ1) is 10.9. The average molecular weight is 353 g/mol. The number of ether oxygens (including phenoxy) is 1. The molecule has 0 fully saturated rings. The van der Waals surface area contributed by atoms with Gasteiger partial charge in [-0.15, -0.1) is 0 Å². The summed E-state index contributed by atoms with van der Waals surface area (Å²) in [5, 5.41) is 5.85. The highest BCUT2D eigenvalue weighted by Crippen LogP contribution is 2.34. The Morgan fingerprint density at radius 2 is 1.57 bits per heavy atom. The summed E-state index contributed by atoms with van der Waals surface area (Å²) in [4.78, 5) is 23.4. The van der Waals surface area contributed by atoms with Gasteiger partial charge in [-0.2, -0.15) is 0 Å². The van der Waals surface area contributed by atoms with Gasteiger partial charge in [0.05, 0.1) is 17.2 Å². The summed E-state index contributed by atoms with van der Waals surface area (Å²) < 4.78 is 5.05. The van der Waals surface area contributed by atoms with Gasteiger partial charge >= 0.3 is 0 Å². The molecule has 0 radical (unpaired) electrons. The zero-order valence-corrected chi connectivity index (χ0v) is 14.0. The van der Waals surface area contributed by atoms with Crippen molar-refractivity contribution in [3.05, 3.63) is 52.0 Å². The van der Waals surface area contributed by atoms with Gasteiger partial charge in [-0.25, -0.2) is 0 Å². The lowest BCUT2D eigenvalue weighted by molar-refractivity contribution is -0.114. The Morgan fingerprint density at radius 3 is 2.09 bits per heavy atom. The Morgan fingerprint density at radius 1 is 1.00 bits per heavy atom. The third-order valence-corrected chi connectivity index (χ3v) is 3.47. The predicted octanol–water partition coefficient (Wildman–Crippen LogP) is 4.21. The molecule has 0 spiro atoms. The van der Waals surface area contributed by atoms with Crippen LogP contribution in [0.25, 0.3) is 0 Å². The van der Waals surface area contributed by atoms with Crippen molar-refractivity contribution in [2.75, 3.05) is 17.7 Å². The second-order valence-electron chi connectivity index (χ2n) is 4.69. The van der Waals surface area contributed by atoms with Crippen molar-refractivity contribution in [2.45, 2.75) is 6.92 Å². The number of nitrogens with one attached hydrogen (secondary N) is 2. The molecule has 0 bridgehead atoms. The van der Waals surface area contributed by atoms with E-state index >= 15 is 0 Å². The molecule has 120 valence electrons. The van der Waals surface area contributed by atoms with Crippen molar-refractivity contribution >= 4 is 46.4 Å². The fraction of sp³-hybridized carbons (Fsp3) is 0.125. The predicted molar refractivity (Wildman–Crippen MR) is 91.7 cm³/mol. The van der Waals surface area contributed by atoms with Gasteiger partial charge in [0.15, 0.2) is 5.75 Å². The molecular weight excluding hydrogens is 339 g/mol. The first-order valence-electron chi connectivity index (χ1n) is 6.62. The number of methoxy groups -OCH3 is 1. The molecule has 2 amide bonds. The molecule has 0 aromatic heterocycles. The largest absolute Gasteiger partial charge is 0.494 e. The number of anilines is 2. The summed E-state index contributed by atoms with van der Waals surface area (Å²) in [6, 6.07) is 9.73. The fourth-order valence-electron chi connectivity index (χ4n) is 1.97. The zero-order chi connectivity index (χ0) is 17.0. The Labute approximate surface area is 143 Å². The van der Waals surface area contributed by atoms with Gasteiger partial charge in [0.1, 0.15) is 0 Å². The summed E-state index contributed by atoms with van der Waals surface area (Å²) in [6.07, 6.45) is 0. The van der Waals surface area contributed by atoms with Crippen molar-refractivity contribution in [3.8, 4) is 5.75 Å². The molecule has 0 aliphatic carbocycles. The molecule has 0 atom stereocenters. The molecule has 5 nitrogen and oxygen atoms in total. The molecule has 2 rings (SSSR count). The van der Waals surface area contributed by atoms with E-state index in [4.69, 9.17) is 27.9 Å². The molecule has 0 saturated carbocycles.